The Balaban J connectivity index is 1.46. The summed E-state index contributed by atoms with van der Waals surface area (Å²) in [5.74, 6) is 1.08. The van der Waals surface area contributed by atoms with Crippen LogP contribution in [0.5, 0.6) is 0 Å². The maximum absolute atomic E-state index is 6.00. The second kappa shape index (κ2) is 7.10. The Bertz CT molecular complexity index is 708. The first-order valence-corrected chi connectivity index (χ1v) is 9.11. The molecular weight excluding hydrogens is 312 g/mol. The monoisotopic (exact) mass is 338 g/mol. The van der Waals surface area contributed by atoms with Crippen LogP contribution < -0.4 is 4.90 Å². The van der Waals surface area contributed by atoms with Crippen LogP contribution >= 0.6 is 0 Å². The van der Waals surface area contributed by atoms with E-state index in [2.05, 4.69) is 57.0 Å². The minimum Gasteiger partial charge on any atom is -0.379 e. The number of hydrogen-bond acceptors (Lipinski definition) is 5. The molecule has 2 aromatic heterocycles. The lowest BCUT2D eigenvalue weighted by Crippen LogP contribution is -2.40. The first kappa shape index (κ1) is 16.5. The van der Waals surface area contributed by atoms with Crippen molar-refractivity contribution in [1.82, 2.24) is 14.9 Å². The molecule has 1 atom stereocenters. The van der Waals surface area contributed by atoms with Gasteiger partial charge >= 0.3 is 0 Å². The van der Waals surface area contributed by atoms with E-state index >= 15 is 0 Å². The fourth-order valence-corrected chi connectivity index (χ4v) is 4.05. The van der Waals surface area contributed by atoms with Gasteiger partial charge in [-0.1, -0.05) is 12.1 Å². The highest BCUT2D eigenvalue weighted by Gasteiger charge is 2.41. The molecule has 1 spiro atoms. The van der Waals surface area contributed by atoms with Gasteiger partial charge in [-0.3, -0.25) is 9.88 Å². The van der Waals surface area contributed by atoms with Crippen LogP contribution in [0.15, 0.2) is 42.6 Å². The van der Waals surface area contributed by atoms with Crippen molar-refractivity contribution in [3.05, 3.63) is 54.0 Å². The number of rotatable bonds is 3. The standard InChI is InChI=1S/C20H26N4O/c1-17-5-4-6-18(22-17)13-23-11-12-25-16-20(14-23)8-10-24(15-20)19-7-2-3-9-21-19/h2-7,9H,8,10-16H2,1H3. The van der Waals surface area contributed by atoms with Gasteiger partial charge in [0, 0.05) is 50.0 Å². The lowest BCUT2D eigenvalue weighted by Gasteiger charge is -2.31. The van der Waals surface area contributed by atoms with E-state index in [0.29, 0.717) is 0 Å². The Morgan fingerprint density at radius 1 is 1.12 bits per heavy atom. The van der Waals surface area contributed by atoms with Crippen LogP contribution in [0.4, 0.5) is 5.82 Å². The van der Waals surface area contributed by atoms with E-state index in [0.717, 1.165) is 69.6 Å². The quantitative estimate of drug-likeness (QED) is 0.860. The first-order valence-electron chi connectivity index (χ1n) is 9.11. The van der Waals surface area contributed by atoms with Gasteiger partial charge < -0.3 is 9.64 Å². The molecule has 4 heterocycles. The van der Waals surface area contributed by atoms with Crippen molar-refractivity contribution in [1.29, 1.82) is 0 Å². The third-order valence-electron chi connectivity index (χ3n) is 5.26. The van der Waals surface area contributed by atoms with E-state index in [9.17, 15) is 0 Å². The molecule has 2 aliphatic heterocycles. The van der Waals surface area contributed by atoms with Crippen LogP contribution in [0.3, 0.4) is 0 Å². The number of aromatic nitrogens is 2. The summed E-state index contributed by atoms with van der Waals surface area (Å²) in [5, 5.41) is 0. The van der Waals surface area contributed by atoms with Gasteiger partial charge in [0.2, 0.25) is 0 Å². The van der Waals surface area contributed by atoms with E-state index in [1.54, 1.807) is 0 Å². The summed E-state index contributed by atoms with van der Waals surface area (Å²) in [6.07, 6.45) is 3.03. The van der Waals surface area contributed by atoms with Crippen LogP contribution in [0.2, 0.25) is 0 Å². The second-order valence-electron chi connectivity index (χ2n) is 7.39. The zero-order valence-corrected chi connectivity index (χ0v) is 14.9. The summed E-state index contributed by atoms with van der Waals surface area (Å²) < 4.78 is 6.00. The van der Waals surface area contributed by atoms with Gasteiger partial charge in [0.25, 0.3) is 0 Å². The Morgan fingerprint density at radius 3 is 2.92 bits per heavy atom. The van der Waals surface area contributed by atoms with Crippen molar-refractivity contribution in [2.45, 2.75) is 19.9 Å². The number of nitrogens with zero attached hydrogens (tertiary/aromatic N) is 4. The fraction of sp³-hybridized carbons (Fsp3) is 0.500. The average molecular weight is 338 g/mol. The summed E-state index contributed by atoms with van der Waals surface area (Å²) in [4.78, 5) is 14.1. The molecule has 2 aromatic rings. The molecule has 132 valence electrons. The largest absolute Gasteiger partial charge is 0.379 e. The normalized spacial score (nSPS) is 24.6. The summed E-state index contributed by atoms with van der Waals surface area (Å²) >= 11 is 0. The molecule has 2 aliphatic rings. The van der Waals surface area contributed by atoms with Crippen molar-refractivity contribution in [3.63, 3.8) is 0 Å². The van der Waals surface area contributed by atoms with Gasteiger partial charge in [-0.15, -0.1) is 0 Å². The zero-order valence-electron chi connectivity index (χ0n) is 14.9. The number of pyridine rings is 2. The molecule has 0 radical (unpaired) electrons. The van der Waals surface area contributed by atoms with Gasteiger partial charge in [0.15, 0.2) is 0 Å². The molecule has 0 N–H and O–H groups in total. The van der Waals surface area contributed by atoms with E-state index < -0.39 is 0 Å². The molecule has 5 heteroatoms. The maximum Gasteiger partial charge on any atom is 0.128 e. The fourth-order valence-electron chi connectivity index (χ4n) is 4.05. The number of hydrogen-bond donors (Lipinski definition) is 0. The van der Waals surface area contributed by atoms with Crippen LogP contribution in [-0.4, -0.2) is 54.3 Å². The minimum absolute atomic E-state index is 0.192. The number of aryl methyl sites for hydroxylation is 1. The van der Waals surface area contributed by atoms with Crippen LogP contribution in [0.25, 0.3) is 0 Å². The van der Waals surface area contributed by atoms with Crippen molar-refractivity contribution < 1.29 is 4.74 Å². The van der Waals surface area contributed by atoms with E-state index in [-0.39, 0.29) is 5.41 Å². The maximum atomic E-state index is 6.00. The van der Waals surface area contributed by atoms with Gasteiger partial charge in [-0.25, -0.2) is 4.98 Å². The third-order valence-corrected chi connectivity index (χ3v) is 5.26. The Morgan fingerprint density at radius 2 is 2.08 bits per heavy atom. The van der Waals surface area contributed by atoms with Crippen LogP contribution in [-0.2, 0) is 11.3 Å². The molecular formula is C20H26N4O. The first-order chi connectivity index (χ1) is 12.2. The molecule has 25 heavy (non-hydrogen) atoms. The predicted molar refractivity (Wildman–Crippen MR) is 98.6 cm³/mol. The minimum atomic E-state index is 0.192. The molecule has 2 saturated heterocycles. The lowest BCUT2D eigenvalue weighted by molar-refractivity contribution is 0.0798. The van der Waals surface area contributed by atoms with Gasteiger partial charge in [0.1, 0.15) is 5.82 Å². The van der Waals surface area contributed by atoms with Crippen molar-refractivity contribution in [2.24, 2.45) is 5.41 Å². The van der Waals surface area contributed by atoms with E-state index in [1.165, 1.54) is 0 Å². The molecule has 0 amide bonds. The van der Waals surface area contributed by atoms with Gasteiger partial charge in [-0.05, 0) is 37.6 Å². The molecule has 0 saturated carbocycles. The SMILES string of the molecule is Cc1cccc(CN2CCOCC3(CCN(c4ccccn4)C3)C2)n1. The number of anilines is 1. The molecule has 0 aliphatic carbocycles. The number of ether oxygens (including phenoxy) is 1. The summed E-state index contributed by atoms with van der Waals surface area (Å²) in [6, 6.07) is 12.4. The summed E-state index contributed by atoms with van der Waals surface area (Å²) in [6.45, 7) is 8.70. The van der Waals surface area contributed by atoms with E-state index in [1.807, 2.05) is 12.3 Å². The highest BCUT2D eigenvalue weighted by molar-refractivity contribution is 5.40. The van der Waals surface area contributed by atoms with Crippen LogP contribution in [0.1, 0.15) is 17.8 Å². The molecule has 0 bridgehead atoms. The second-order valence-corrected chi connectivity index (χ2v) is 7.39. The smallest absolute Gasteiger partial charge is 0.128 e. The third kappa shape index (κ3) is 3.83. The zero-order chi connectivity index (χ0) is 17.1. The molecule has 1 unspecified atom stereocenters. The summed E-state index contributed by atoms with van der Waals surface area (Å²) in [5.41, 5.74) is 2.43. The molecule has 4 rings (SSSR count). The molecule has 0 aromatic carbocycles. The summed E-state index contributed by atoms with van der Waals surface area (Å²) in [7, 11) is 0. The van der Waals surface area contributed by atoms with Crippen molar-refractivity contribution in [3.8, 4) is 0 Å². The van der Waals surface area contributed by atoms with Crippen LogP contribution in [0, 0.1) is 12.3 Å². The lowest BCUT2D eigenvalue weighted by atomic mass is 9.87. The Labute approximate surface area is 149 Å². The topological polar surface area (TPSA) is 41.5 Å². The van der Waals surface area contributed by atoms with Gasteiger partial charge in [-0.2, -0.15) is 0 Å². The van der Waals surface area contributed by atoms with Gasteiger partial charge in [0.05, 0.1) is 18.9 Å². The molecule has 5 nitrogen and oxygen atoms in total. The van der Waals surface area contributed by atoms with Crippen molar-refractivity contribution >= 4 is 5.82 Å². The highest BCUT2D eigenvalue weighted by atomic mass is 16.5. The Hall–Kier alpha value is -1.98. The predicted octanol–water partition coefficient (Wildman–Crippen LogP) is 2.51. The Kier molecular flexibility index (Phi) is 4.68. The van der Waals surface area contributed by atoms with Crippen molar-refractivity contribution in [2.75, 3.05) is 44.3 Å². The highest BCUT2D eigenvalue weighted by Crippen LogP contribution is 2.35. The molecule has 2 fully saturated rings. The average Bonchev–Trinajstić information content (AvgIpc) is 2.93. The van der Waals surface area contributed by atoms with E-state index in [4.69, 9.17) is 4.74 Å².